The highest BCUT2D eigenvalue weighted by atomic mass is 16.2. The van der Waals surface area contributed by atoms with Gasteiger partial charge in [-0.2, -0.15) is 0 Å². The zero-order valence-electron chi connectivity index (χ0n) is 12.3. The molecule has 0 saturated carbocycles. The van der Waals surface area contributed by atoms with Crippen molar-refractivity contribution in [3.05, 3.63) is 11.6 Å². The smallest absolute Gasteiger partial charge is 0.314 e. The van der Waals surface area contributed by atoms with Crippen LogP contribution in [0.5, 0.6) is 0 Å². The molecule has 2 aliphatic rings. The van der Waals surface area contributed by atoms with Gasteiger partial charge >= 0.3 is 6.03 Å². The van der Waals surface area contributed by atoms with Crippen LogP contribution < -0.4 is 5.73 Å². The van der Waals surface area contributed by atoms with Crippen LogP contribution in [0.4, 0.5) is 4.79 Å². The lowest BCUT2D eigenvalue weighted by molar-refractivity contribution is 0.197. The largest absolute Gasteiger partial charge is 0.351 e. The van der Waals surface area contributed by atoms with Gasteiger partial charge in [0, 0.05) is 26.2 Å². The highest BCUT2D eigenvalue weighted by Gasteiger charge is 2.25. The first kappa shape index (κ1) is 14.4. The van der Waals surface area contributed by atoms with Crippen molar-refractivity contribution < 1.29 is 4.79 Å². The van der Waals surface area contributed by atoms with Crippen LogP contribution in [0.1, 0.15) is 33.1 Å². The lowest BCUT2D eigenvalue weighted by Crippen LogP contribution is -2.40. The minimum absolute atomic E-state index is 0.274. The van der Waals surface area contributed by atoms with E-state index in [1.165, 1.54) is 12.8 Å². The summed E-state index contributed by atoms with van der Waals surface area (Å²) >= 11 is 0. The molecule has 19 heavy (non-hydrogen) atoms. The van der Waals surface area contributed by atoms with E-state index in [4.69, 9.17) is 5.73 Å². The maximum atomic E-state index is 11.2. The SMILES string of the molecule is CC1=CCC[C@H](C)[C@@H]1CN1CCCN(C(N)=O)CC1. The molecule has 2 N–H and O–H groups in total. The summed E-state index contributed by atoms with van der Waals surface area (Å²) in [5, 5.41) is 0. The molecule has 1 heterocycles. The van der Waals surface area contributed by atoms with Crippen molar-refractivity contribution in [2.45, 2.75) is 33.1 Å². The number of hydrogen-bond acceptors (Lipinski definition) is 2. The second-order valence-electron chi connectivity index (χ2n) is 6.09. The Bertz CT molecular complexity index is 353. The van der Waals surface area contributed by atoms with Crippen LogP contribution in [0.25, 0.3) is 0 Å². The van der Waals surface area contributed by atoms with Gasteiger partial charge in [-0.25, -0.2) is 4.79 Å². The van der Waals surface area contributed by atoms with E-state index in [0.29, 0.717) is 5.92 Å². The summed E-state index contributed by atoms with van der Waals surface area (Å²) in [6, 6.07) is -0.274. The van der Waals surface area contributed by atoms with Crippen LogP contribution in [0.3, 0.4) is 0 Å². The zero-order chi connectivity index (χ0) is 13.8. The number of hydrogen-bond donors (Lipinski definition) is 1. The van der Waals surface area contributed by atoms with E-state index >= 15 is 0 Å². The third-order valence-corrected chi connectivity index (χ3v) is 4.72. The number of allylic oxidation sites excluding steroid dienone is 1. The molecule has 108 valence electrons. The Balaban J connectivity index is 1.90. The number of nitrogens with two attached hydrogens (primary N) is 1. The molecule has 0 unspecified atom stereocenters. The lowest BCUT2D eigenvalue weighted by Gasteiger charge is -2.33. The van der Waals surface area contributed by atoms with E-state index in [0.717, 1.165) is 45.1 Å². The van der Waals surface area contributed by atoms with Crippen molar-refractivity contribution >= 4 is 6.03 Å². The molecule has 1 aliphatic heterocycles. The van der Waals surface area contributed by atoms with Crippen LogP contribution >= 0.6 is 0 Å². The van der Waals surface area contributed by atoms with Gasteiger partial charge in [-0.05, 0) is 44.6 Å². The van der Waals surface area contributed by atoms with Crippen molar-refractivity contribution in [1.82, 2.24) is 9.80 Å². The van der Waals surface area contributed by atoms with E-state index in [1.807, 2.05) is 0 Å². The summed E-state index contributed by atoms with van der Waals surface area (Å²) in [6.07, 6.45) is 5.98. The van der Waals surface area contributed by atoms with Crippen LogP contribution in [0, 0.1) is 11.8 Å². The average molecular weight is 265 g/mol. The number of urea groups is 1. The highest BCUT2D eigenvalue weighted by Crippen LogP contribution is 2.30. The van der Waals surface area contributed by atoms with E-state index in [-0.39, 0.29) is 6.03 Å². The van der Waals surface area contributed by atoms with Crippen LogP contribution in [0.2, 0.25) is 0 Å². The fraction of sp³-hybridized carbons (Fsp3) is 0.800. The van der Waals surface area contributed by atoms with Gasteiger partial charge in [0.25, 0.3) is 0 Å². The highest BCUT2D eigenvalue weighted by molar-refractivity contribution is 5.71. The van der Waals surface area contributed by atoms with E-state index in [2.05, 4.69) is 24.8 Å². The van der Waals surface area contributed by atoms with E-state index in [9.17, 15) is 4.79 Å². The van der Waals surface area contributed by atoms with Crippen LogP contribution in [-0.4, -0.2) is 48.6 Å². The van der Waals surface area contributed by atoms with E-state index in [1.54, 1.807) is 10.5 Å². The standard InChI is InChI=1S/C15H27N3O/c1-12-5-3-6-13(2)14(12)11-17-7-4-8-18(10-9-17)15(16)19/h5,13-14H,3-4,6-11H2,1-2H3,(H2,16,19)/t13-,14+/m0/s1. The molecule has 0 spiro atoms. The molecule has 1 fully saturated rings. The molecule has 0 radical (unpaired) electrons. The summed E-state index contributed by atoms with van der Waals surface area (Å²) in [5.74, 6) is 1.47. The molecule has 0 aromatic rings. The Morgan fingerprint density at radius 2 is 2.16 bits per heavy atom. The topological polar surface area (TPSA) is 49.6 Å². The fourth-order valence-electron chi connectivity index (χ4n) is 3.35. The van der Waals surface area contributed by atoms with Crippen molar-refractivity contribution in [3.63, 3.8) is 0 Å². The van der Waals surface area contributed by atoms with Crippen LogP contribution in [0.15, 0.2) is 11.6 Å². The maximum absolute atomic E-state index is 11.2. The summed E-state index contributed by atoms with van der Waals surface area (Å²) < 4.78 is 0. The number of carbonyl (C=O) groups excluding carboxylic acids is 1. The summed E-state index contributed by atoms with van der Waals surface area (Å²) in [7, 11) is 0. The van der Waals surface area contributed by atoms with Gasteiger partial charge in [0.15, 0.2) is 0 Å². The summed E-state index contributed by atoms with van der Waals surface area (Å²) in [6.45, 7) is 9.40. The lowest BCUT2D eigenvalue weighted by atomic mass is 9.80. The third-order valence-electron chi connectivity index (χ3n) is 4.72. The molecule has 4 nitrogen and oxygen atoms in total. The number of primary amides is 1. The first-order chi connectivity index (χ1) is 9.08. The fourth-order valence-corrected chi connectivity index (χ4v) is 3.35. The number of nitrogens with zero attached hydrogens (tertiary/aromatic N) is 2. The normalized spacial score (nSPS) is 29.8. The number of carbonyl (C=O) groups is 1. The Morgan fingerprint density at radius 3 is 2.84 bits per heavy atom. The Hall–Kier alpha value is -1.03. The second-order valence-corrected chi connectivity index (χ2v) is 6.09. The molecule has 2 rings (SSSR count). The van der Waals surface area contributed by atoms with Gasteiger partial charge in [0.05, 0.1) is 0 Å². The minimum atomic E-state index is -0.274. The van der Waals surface area contributed by atoms with Crippen molar-refractivity contribution in [1.29, 1.82) is 0 Å². The molecule has 1 aliphatic carbocycles. The molecular weight excluding hydrogens is 238 g/mol. The predicted octanol–water partition coefficient (Wildman–Crippen LogP) is 2.07. The van der Waals surface area contributed by atoms with Gasteiger partial charge in [0.1, 0.15) is 0 Å². The summed E-state index contributed by atoms with van der Waals surface area (Å²) in [4.78, 5) is 15.5. The molecule has 2 amide bonds. The quantitative estimate of drug-likeness (QED) is 0.777. The van der Waals surface area contributed by atoms with Crippen molar-refractivity contribution in [2.75, 3.05) is 32.7 Å². The molecule has 4 heteroatoms. The Morgan fingerprint density at radius 1 is 1.37 bits per heavy atom. The molecular formula is C15H27N3O. The minimum Gasteiger partial charge on any atom is -0.351 e. The maximum Gasteiger partial charge on any atom is 0.314 e. The third kappa shape index (κ3) is 3.72. The van der Waals surface area contributed by atoms with Gasteiger partial charge in [-0.3, -0.25) is 0 Å². The predicted molar refractivity (Wildman–Crippen MR) is 77.9 cm³/mol. The van der Waals surface area contributed by atoms with Gasteiger partial charge < -0.3 is 15.5 Å². The summed E-state index contributed by atoms with van der Waals surface area (Å²) in [5.41, 5.74) is 6.92. The molecule has 1 saturated heterocycles. The number of rotatable bonds is 2. The average Bonchev–Trinajstić information content (AvgIpc) is 2.59. The zero-order valence-corrected chi connectivity index (χ0v) is 12.3. The first-order valence-electron chi connectivity index (χ1n) is 7.51. The first-order valence-corrected chi connectivity index (χ1v) is 7.51. The van der Waals surface area contributed by atoms with E-state index < -0.39 is 0 Å². The van der Waals surface area contributed by atoms with Gasteiger partial charge in [0.2, 0.25) is 0 Å². The molecule has 0 aromatic carbocycles. The van der Waals surface area contributed by atoms with Crippen molar-refractivity contribution in [3.8, 4) is 0 Å². The van der Waals surface area contributed by atoms with Crippen LogP contribution in [-0.2, 0) is 0 Å². The van der Waals surface area contributed by atoms with Gasteiger partial charge in [-0.15, -0.1) is 0 Å². The molecule has 0 bridgehead atoms. The Kier molecular flexibility index (Phi) is 4.86. The second kappa shape index (κ2) is 6.42. The monoisotopic (exact) mass is 265 g/mol. The number of amides is 2. The van der Waals surface area contributed by atoms with Gasteiger partial charge in [-0.1, -0.05) is 18.6 Å². The molecule has 2 atom stereocenters. The van der Waals surface area contributed by atoms with Crippen molar-refractivity contribution in [2.24, 2.45) is 17.6 Å². The molecule has 0 aromatic heterocycles. The Labute approximate surface area is 116 Å².